The molecule has 1 aromatic rings. The first kappa shape index (κ1) is 10.2. The normalized spacial score (nSPS) is 23.1. The molecule has 1 unspecified atom stereocenters. The molecule has 0 amide bonds. The third kappa shape index (κ3) is 1.36. The maximum atomic E-state index is 3.51. The Bertz CT molecular complexity index is 411. The Kier molecular flexibility index (Phi) is 2.40. The van der Waals surface area contributed by atoms with Gasteiger partial charge in [-0.25, -0.2) is 0 Å². The van der Waals surface area contributed by atoms with E-state index in [4.69, 9.17) is 0 Å². The molecule has 3 rings (SSSR count). The Labute approximate surface area is 97.6 Å². The smallest absolute Gasteiger partial charge is 0.0451 e. The van der Waals surface area contributed by atoms with E-state index in [0.29, 0.717) is 5.92 Å². The van der Waals surface area contributed by atoms with E-state index in [1.807, 2.05) is 0 Å². The second kappa shape index (κ2) is 3.77. The van der Waals surface area contributed by atoms with Gasteiger partial charge in [0.15, 0.2) is 0 Å². The summed E-state index contributed by atoms with van der Waals surface area (Å²) in [5, 5.41) is 3.51. The summed E-state index contributed by atoms with van der Waals surface area (Å²) >= 11 is 0. The van der Waals surface area contributed by atoms with Crippen molar-refractivity contribution in [3.8, 4) is 0 Å². The Morgan fingerprint density at radius 1 is 1.44 bits per heavy atom. The standard InChI is InChI=1S/C14H20N2/c1-3-11-4-5-12-8-15-6-7-16-9-10(2)13(11)14(12)16/h4-5,10,15H,3,6-9H2,1-2H3. The summed E-state index contributed by atoms with van der Waals surface area (Å²) in [5.41, 5.74) is 6.23. The molecule has 1 atom stereocenters. The molecule has 86 valence electrons. The average Bonchev–Trinajstić information content (AvgIpc) is 2.50. The molecule has 2 nitrogen and oxygen atoms in total. The lowest BCUT2D eigenvalue weighted by Crippen LogP contribution is -2.27. The van der Waals surface area contributed by atoms with Gasteiger partial charge in [-0.05, 0) is 23.1 Å². The number of benzene rings is 1. The number of hydrogen-bond donors (Lipinski definition) is 1. The maximum absolute atomic E-state index is 3.51. The van der Waals surface area contributed by atoms with Crippen LogP contribution in [0.4, 0.5) is 5.69 Å². The van der Waals surface area contributed by atoms with Crippen LogP contribution in [0.5, 0.6) is 0 Å². The molecule has 1 aromatic carbocycles. The van der Waals surface area contributed by atoms with Gasteiger partial charge >= 0.3 is 0 Å². The van der Waals surface area contributed by atoms with E-state index in [9.17, 15) is 0 Å². The van der Waals surface area contributed by atoms with Crippen LogP contribution in [-0.2, 0) is 13.0 Å². The van der Waals surface area contributed by atoms with Crippen molar-refractivity contribution < 1.29 is 0 Å². The molecule has 2 heterocycles. The van der Waals surface area contributed by atoms with E-state index < -0.39 is 0 Å². The first-order valence-electron chi connectivity index (χ1n) is 6.41. The third-order valence-corrected chi connectivity index (χ3v) is 3.95. The lowest BCUT2D eigenvalue weighted by atomic mass is 9.93. The average molecular weight is 216 g/mol. The van der Waals surface area contributed by atoms with E-state index in [0.717, 1.165) is 26.1 Å². The number of aryl methyl sites for hydroxylation is 1. The molecular weight excluding hydrogens is 196 g/mol. The SMILES string of the molecule is CCc1ccc2c3c1C(C)CN3CCNC2. The monoisotopic (exact) mass is 216 g/mol. The Hall–Kier alpha value is -1.02. The van der Waals surface area contributed by atoms with E-state index >= 15 is 0 Å². The summed E-state index contributed by atoms with van der Waals surface area (Å²) in [5.74, 6) is 0.711. The summed E-state index contributed by atoms with van der Waals surface area (Å²) in [4.78, 5) is 2.58. The van der Waals surface area contributed by atoms with Gasteiger partial charge in [-0.1, -0.05) is 26.0 Å². The summed E-state index contributed by atoms with van der Waals surface area (Å²) < 4.78 is 0. The van der Waals surface area contributed by atoms with Gasteiger partial charge in [-0.3, -0.25) is 0 Å². The molecule has 1 N–H and O–H groups in total. The predicted octanol–water partition coefficient (Wildman–Crippen LogP) is 2.28. The predicted molar refractivity (Wildman–Crippen MR) is 68.2 cm³/mol. The molecule has 0 saturated heterocycles. The van der Waals surface area contributed by atoms with Gasteiger partial charge in [0.25, 0.3) is 0 Å². The summed E-state index contributed by atoms with van der Waals surface area (Å²) in [6.45, 7) is 9.16. The molecule has 0 fully saturated rings. The largest absolute Gasteiger partial charge is 0.369 e. The Morgan fingerprint density at radius 2 is 2.31 bits per heavy atom. The fourth-order valence-corrected chi connectivity index (χ4v) is 3.22. The van der Waals surface area contributed by atoms with Crippen molar-refractivity contribution in [3.63, 3.8) is 0 Å². The van der Waals surface area contributed by atoms with Gasteiger partial charge in [0.2, 0.25) is 0 Å². The summed E-state index contributed by atoms with van der Waals surface area (Å²) in [6, 6.07) is 4.65. The zero-order valence-electron chi connectivity index (χ0n) is 10.2. The quantitative estimate of drug-likeness (QED) is 0.774. The van der Waals surface area contributed by atoms with Gasteiger partial charge in [0, 0.05) is 37.8 Å². The summed E-state index contributed by atoms with van der Waals surface area (Å²) in [7, 11) is 0. The van der Waals surface area contributed by atoms with Crippen LogP contribution in [0, 0.1) is 0 Å². The second-order valence-corrected chi connectivity index (χ2v) is 5.02. The second-order valence-electron chi connectivity index (χ2n) is 5.02. The highest BCUT2D eigenvalue weighted by Crippen LogP contribution is 2.41. The van der Waals surface area contributed by atoms with Crippen molar-refractivity contribution in [2.45, 2.75) is 32.7 Å². The Morgan fingerprint density at radius 3 is 3.12 bits per heavy atom. The first-order chi connectivity index (χ1) is 7.81. The minimum Gasteiger partial charge on any atom is -0.369 e. The third-order valence-electron chi connectivity index (χ3n) is 3.95. The highest BCUT2D eigenvalue weighted by Gasteiger charge is 2.30. The number of nitrogens with zero attached hydrogens (tertiary/aromatic N) is 1. The van der Waals surface area contributed by atoms with Gasteiger partial charge < -0.3 is 10.2 Å². The van der Waals surface area contributed by atoms with Gasteiger partial charge in [0.05, 0.1) is 0 Å². The molecule has 0 aliphatic carbocycles. The fourth-order valence-electron chi connectivity index (χ4n) is 3.22. The minimum absolute atomic E-state index is 0.711. The van der Waals surface area contributed by atoms with Crippen LogP contribution >= 0.6 is 0 Å². The highest BCUT2D eigenvalue weighted by molar-refractivity contribution is 5.68. The van der Waals surface area contributed by atoms with Gasteiger partial charge in [-0.2, -0.15) is 0 Å². The molecule has 2 heteroatoms. The molecule has 2 aliphatic heterocycles. The molecule has 0 radical (unpaired) electrons. The van der Waals surface area contributed by atoms with Crippen LogP contribution in [0.25, 0.3) is 0 Å². The molecular formula is C14H20N2. The zero-order valence-corrected chi connectivity index (χ0v) is 10.2. The highest BCUT2D eigenvalue weighted by atomic mass is 15.2. The minimum atomic E-state index is 0.711. The molecule has 0 saturated carbocycles. The van der Waals surface area contributed by atoms with Crippen molar-refractivity contribution in [2.24, 2.45) is 0 Å². The van der Waals surface area contributed by atoms with E-state index in [1.165, 1.54) is 12.1 Å². The van der Waals surface area contributed by atoms with Gasteiger partial charge in [-0.15, -0.1) is 0 Å². The fraction of sp³-hybridized carbons (Fsp3) is 0.571. The van der Waals surface area contributed by atoms with Crippen LogP contribution in [0.15, 0.2) is 12.1 Å². The Balaban J connectivity index is 2.19. The zero-order chi connectivity index (χ0) is 11.1. The van der Waals surface area contributed by atoms with Crippen molar-refractivity contribution in [1.29, 1.82) is 0 Å². The molecule has 0 spiro atoms. The lowest BCUT2D eigenvalue weighted by molar-refractivity contribution is 0.673. The molecule has 0 bridgehead atoms. The van der Waals surface area contributed by atoms with Crippen LogP contribution in [0.3, 0.4) is 0 Å². The number of anilines is 1. The van der Waals surface area contributed by atoms with Crippen LogP contribution in [-0.4, -0.2) is 19.6 Å². The maximum Gasteiger partial charge on any atom is 0.0451 e. The molecule has 0 aromatic heterocycles. The lowest BCUT2D eigenvalue weighted by Gasteiger charge is -2.19. The van der Waals surface area contributed by atoms with E-state index in [-0.39, 0.29) is 0 Å². The van der Waals surface area contributed by atoms with Crippen molar-refractivity contribution >= 4 is 5.69 Å². The number of nitrogens with one attached hydrogen (secondary N) is 1. The van der Waals surface area contributed by atoms with E-state index in [2.05, 4.69) is 36.2 Å². The van der Waals surface area contributed by atoms with Crippen LogP contribution in [0.1, 0.15) is 36.5 Å². The molecule has 16 heavy (non-hydrogen) atoms. The number of rotatable bonds is 1. The van der Waals surface area contributed by atoms with Crippen molar-refractivity contribution in [1.82, 2.24) is 5.32 Å². The van der Waals surface area contributed by atoms with Crippen molar-refractivity contribution in [3.05, 3.63) is 28.8 Å². The summed E-state index contributed by atoms with van der Waals surface area (Å²) in [6.07, 6.45) is 1.16. The van der Waals surface area contributed by atoms with Crippen LogP contribution in [0.2, 0.25) is 0 Å². The van der Waals surface area contributed by atoms with Crippen molar-refractivity contribution in [2.75, 3.05) is 24.5 Å². The topological polar surface area (TPSA) is 15.3 Å². The van der Waals surface area contributed by atoms with E-state index in [1.54, 1.807) is 16.8 Å². The van der Waals surface area contributed by atoms with Gasteiger partial charge in [0.1, 0.15) is 0 Å². The van der Waals surface area contributed by atoms with Crippen LogP contribution < -0.4 is 10.2 Å². The number of hydrogen-bond acceptors (Lipinski definition) is 2. The first-order valence-corrected chi connectivity index (χ1v) is 6.41. The molecule has 2 aliphatic rings.